The molecule has 2 nitrogen and oxygen atoms in total. The van der Waals surface area contributed by atoms with Crippen LogP contribution in [0.5, 0.6) is 0 Å². The first-order valence-electron chi connectivity index (χ1n) is 5.67. The molecule has 0 amide bonds. The summed E-state index contributed by atoms with van der Waals surface area (Å²) in [6, 6.07) is 14.8. The Labute approximate surface area is 97.9 Å². The molecule has 0 atom stereocenters. The van der Waals surface area contributed by atoms with Gasteiger partial charge in [-0.2, -0.15) is 0 Å². The van der Waals surface area contributed by atoms with Crippen LogP contribution in [0.3, 0.4) is 0 Å². The van der Waals surface area contributed by atoms with E-state index in [1.165, 1.54) is 27.1 Å². The quantitative estimate of drug-likeness (QED) is 0.477. The van der Waals surface area contributed by atoms with Crippen molar-refractivity contribution in [3.05, 3.63) is 54.9 Å². The summed E-state index contributed by atoms with van der Waals surface area (Å²) in [5.74, 6) is 0. The Balaban J connectivity index is 2.38. The zero-order chi connectivity index (χ0) is 11.2. The Hall–Kier alpha value is -2.35. The summed E-state index contributed by atoms with van der Waals surface area (Å²) < 4.78 is 0. The predicted molar refractivity (Wildman–Crippen MR) is 71.1 cm³/mol. The first kappa shape index (κ1) is 8.76. The van der Waals surface area contributed by atoms with Crippen LogP contribution in [0.2, 0.25) is 0 Å². The largest absolute Gasteiger partial charge is 0.354 e. The smallest absolute Gasteiger partial charge is 0.0496 e. The van der Waals surface area contributed by atoms with Crippen LogP contribution in [0.15, 0.2) is 54.9 Å². The van der Waals surface area contributed by atoms with E-state index in [4.69, 9.17) is 0 Å². The number of H-pyrrole nitrogens is 1. The maximum atomic E-state index is 4.22. The highest BCUT2D eigenvalue weighted by Gasteiger charge is 2.06. The molecule has 80 valence electrons. The normalized spacial score (nSPS) is 11.5. The van der Waals surface area contributed by atoms with Crippen molar-refractivity contribution in [1.82, 2.24) is 9.97 Å². The molecule has 2 heterocycles. The Morgan fingerprint density at radius 2 is 1.76 bits per heavy atom. The number of rotatable bonds is 0. The Kier molecular flexibility index (Phi) is 1.59. The van der Waals surface area contributed by atoms with Crippen LogP contribution in [-0.2, 0) is 0 Å². The second-order valence-electron chi connectivity index (χ2n) is 4.26. The number of benzene rings is 2. The van der Waals surface area contributed by atoms with E-state index in [1.54, 1.807) is 0 Å². The third-order valence-electron chi connectivity index (χ3n) is 3.29. The lowest BCUT2D eigenvalue weighted by Gasteiger charge is -1.99. The molecule has 4 rings (SSSR count). The lowest BCUT2D eigenvalue weighted by Crippen LogP contribution is -1.74. The molecule has 0 aliphatic rings. The molecule has 0 fully saturated rings. The number of nitrogens with one attached hydrogen (secondary N) is 1. The summed E-state index contributed by atoms with van der Waals surface area (Å²) in [5, 5.41) is 5.01. The van der Waals surface area contributed by atoms with Gasteiger partial charge in [-0.05, 0) is 22.9 Å². The van der Waals surface area contributed by atoms with Gasteiger partial charge in [-0.25, -0.2) is 0 Å². The van der Waals surface area contributed by atoms with E-state index in [1.807, 2.05) is 18.5 Å². The topological polar surface area (TPSA) is 28.7 Å². The molecule has 0 saturated carbocycles. The Morgan fingerprint density at radius 1 is 0.824 bits per heavy atom. The van der Waals surface area contributed by atoms with Gasteiger partial charge in [0.25, 0.3) is 0 Å². The van der Waals surface area contributed by atoms with E-state index >= 15 is 0 Å². The number of aromatic nitrogens is 2. The maximum Gasteiger partial charge on any atom is 0.0496 e. The molecule has 0 aliphatic heterocycles. The van der Waals surface area contributed by atoms with Gasteiger partial charge < -0.3 is 4.98 Å². The minimum Gasteiger partial charge on any atom is -0.354 e. The minimum atomic E-state index is 1.14. The first-order chi connectivity index (χ1) is 8.43. The molecule has 2 heteroatoms. The fourth-order valence-electron chi connectivity index (χ4n) is 2.51. The van der Waals surface area contributed by atoms with E-state index in [0.717, 1.165) is 5.52 Å². The van der Waals surface area contributed by atoms with Crippen LogP contribution in [0, 0.1) is 0 Å². The molecule has 0 unspecified atom stereocenters. The number of hydrogen-bond donors (Lipinski definition) is 1. The fraction of sp³-hybridized carbons (Fsp3) is 0. The molecule has 2 aromatic heterocycles. The van der Waals surface area contributed by atoms with Crippen molar-refractivity contribution in [2.45, 2.75) is 0 Å². The summed E-state index contributed by atoms with van der Waals surface area (Å²) in [6.07, 6.45) is 3.75. The third kappa shape index (κ3) is 1.12. The van der Waals surface area contributed by atoms with Crippen LogP contribution < -0.4 is 0 Å². The van der Waals surface area contributed by atoms with Gasteiger partial charge in [-0.1, -0.05) is 30.3 Å². The number of pyridine rings is 1. The minimum absolute atomic E-state index is 1.14. The average Bonchev–Trinajstić information content (AvgIpc) is 2.77. The second-order valence-corrected chi connectivity index (χ2v) is 4.26. The fourth-order valence-corrected chi connectivity index (χ4v) is 2.51. The molecule has 0 spiro atoms. The van der Waals surface area contributed by atoms with Crippen LogP contribution >= 0.6 is 0 Å². The van der Waals surface area contributed by atoms with Crippen LogP contribution in [0.25, 0.3) is 32.6 Å². The molecule has 0 aliphatic carbocycles. The van der Waals surface area contributed by atoms with Gasteiger partial charge in [0.1, 0.15) is 0 Å². The van der Waals surface area contributed by atoms with Crippen molar-refractivity contribution < 1.29 is 0 Å². The highest BCUT2D eigenvalue weighted by Crippen LogP contribution is 2.31. The summed E-state index contributed by atoms with van der Waals surface area (Å²) in [5.41, 5.74) is 2.32. The number of aromatic amines is 1. The Bertz CT molecular complexity index is 837. The summed E-state index contributed by atoms with van der Waals surface area (Å²) in [7, 11) is 0. The number of fused-ring (bicyclic) bond motifs is 5. The van der Waals surface area contributed by atoms with E-state index in [-0.39, 0.29) is 0 Å². The molecule has 0 radical (unpaired) electrons. The van der Waals surface area contributed by atoms with Crippen molar-refractivity contribution in [2.75, 3.05) is 0 Å². The molecular weight excluding hydrogens is 208 g/mol. The first-order valence-corrected chi connectivity index (χ1v) is 5.67. The van der Waals surface area contributed by atoms with Gasteiger partial charge in [0, 0.05) is 34.2 Å². The molecule has 1 N–H and O–H groups in total. The van der Waals surface area contributed by atoms with Gasteiger partial charge in [0.2, 0.25) is 0 Å². The SMILES string of the molecule is c1ccc2c(c1)ccc1[nH]c3ccncc3c12. The average molecular weight is 218 g/mol. The van der Waals surface area contributed by atoms with Crippen LogP contribution in [0.4, 0.5) is 0 Å². The van der Waals surface area contributed by atoms with Gasteiger partial charge in [-0.15, -0.1) is 0 Å². The number of hydrogen-bond acceptors (Lipinski definition) is 1. The van der Waals surface area contributed by atoms with Gasteiger partial charge in [0.05, 0.1) is 0 Å². The van der Waals surface area contributed by atoms with E-state index in [9.17, 15) is 0 Å². The lowest BCUT2D eigenvalue weighted by atomic mass is 10.0. The summed E-state index contributed by atoms with van der Waals surface area (Å²) >= 11 is 0. The Morgan fingerprint density at radius 3 is 2.76 bits per heavy atom. The predicted octanol–water partition coefficient (Wildman–Crippen LogP) is 3.87. The van der Waals surface area contributed by atoms with Crippen molar-refractivity contribution in [2.24, 2.45) is 0 Å². The summed E-state index contributed by atoms with van der Waals surface area (Å²) in [4.78, 5) is 7.65. The van der Waals surface area contributed by atoms with Crippen LogP contribution in [0.1, 0.15) is 0 Å². The third-order valence-corrected chi connectivity index (χ3v) is 3.29. The highest BCUT2D eigenvalue weighted by molar-refractivity contribution is 6.19. The summed E-state index contributed by atoms with van der Waals surface area (Å²) in [6.45, 7) is 0. The van der Waals surface area contributed by atoms with E-state index in [0.29, 0.717) is 0 Å². The maximum absolute atomic E-state index is 4.22. The van der Waals surface area contributed by atoms with E-state index in [2.05, 4.69) is 46.4 Å². The zero-order valence-corrected chi connectivity index (χ0v) is 9.14. The number of nitrogens with zero attached hydrogens (tertiary/aromatic N) is 1. The molecular formula is C15H10N2. The molecule has 0 saturated heterocycles. The van der Waals surface area contributed by atoms with Crippen molar-refractivity contribution in [3.63, 3.8) is 0 Å². The zero-order valence-electron chi connectivity index (χ0n) is 9.14. The second kappa shape index (κ2) is 3.08. The van der Waals surface area contributed by atoms with Crippen molar-refractivity contribution >= 4 is 32.6 Å². The van der Waals surface area contributed by atoms with Crippen molar-refractivity contribution in [1.29, 1.82) is 0 Å². The molecule has 17 heavy (non-hydrogen) atoms. The van der Waals surface area contributed by atoms with E-state index < -0.39 is 0 Å². The standard InChI is InChI=1S/C15H10N2/c1-2-4-11-10(3-1)5-6-14-15(11)12-9-16-8-7-13(12)17-14/h1-9,17H. The lowest BCUT2D eigenvalue weighted by molar-refractivity contribution is 1.36. The monoisotopic (exact) mass is 218 g/mol. The molecule has 2 aromatic carbocycles. The van der Waals surface area contributed by atoms with Crippen LogP contribution in [-0.4, -0.2) is 9.97 Å². The van der Waals surface area contributed by atoms with Gasteiger partial charge in [-0.3, -0.25) is 4.98 Å². The van der Waals surface area contributed by atoms with Crippen molar-refractivity contribution in [3.8, 4) is 0 Å². The highest BCUT2D eigenvalue weighted by atomic mass is 14.7. The molecule has 0 bridgehead atoms. The molecule has 4 aromatic rings. The van der Waals surface area contributed by atoms with Gasteiger partial charge in [0.15, 0.2) is 0 Å². The van der Waals surface area contributed by atoms with Gasteiger partial charge >= 0.3 is 0 Å².